The summed E-state index contributed by atoms with van der Waals surface area (Å²) in [4.78, 5) is 3.79. The van der Waals surface area contributed by atoms with E-state index in [0.29, 0.717) is 13.0 Å². The topological polar surface area (TPSA) is 70.5 Å². The molecule has 2 heterocycles. The van der Waals surface area contributed by atoms with E-state index < -0.39 is 16.1 Å². The molecule has 0 saturated carbocycles. The summed E-state index contributed by atoms with van der Waals surface area (Å²) < 4.78 is 26.6. The summed E-state index contributed by atoms with van der Waals surface area (Å²) in [6.07, 6.45) is 4.51. The third-order valence-electron chi connectivity index (χ3n) is 3.41. The second kappa shape index (κ2) is 6.58. The minimum absolute atomic E-state index is 0.00671. The maximum absolute atomic E-state index is 12.6. The Balaban J connectivity index is 2.38. The monoisotopic (exact) mass is 338 g/mol. The van der Waals surface area contributed by atoms with Gasteiger partial charge in [-0.05, 0) is 18.9 Å². The summed E-state index contributed by atoms with van der Waals surface area (Å²) in [6, 6.07) is 0.905. The van der Waals surface area contributed by atoms with Crippen LogP contribution in [0.1, 0.15) is 25.7 Å². The van der Waals surface area contributed by atoms with E-state index in [1.165, 1.54) is 16.6 Å². The highest BCUT2D eigenvalue weighted by Gasteiger charge is 2.32. The average molecular weight is 339 g/mol. The molecule has 0 amide bonds. The molecule has 1 aromatic rings. The van der Waals surface area contributed by atoms with Gasteiger partial charge in [0, 0.05) is 18.8 Å². The molecule has 8 heteroatoms. The number of halogens is 2. The molecule has 1 aliphatic heterocycles. The summed E-state index contributed by atoms with van der Waals surface area (Å²) in [5.41, 5.74) is 0. The van der Waals surface area contributed by atoms with Crippen molar-refractivity contribution in [3.05, 3.63) is 22.4 Å². The molecule has 112 valence electrons. The van der Waals surface area contributed by atoms with Crippen molar-refractivity contribution in [2.45, 2.75) is 36.6 Å². The van der Waals surface area contributed by atoms with Gasteiger partial charge in [0.25, 0.3) is 0 Å². The van der Waals surface area contributed by atoms with Gasteiger partial charge in [0.05, 0.1) is 11.6 Å². The Hall–Kier alpha value is -0.400. The van der Waals surface area contributed by atoms with Gasteiger partial charge in [0.1, 0.15) is 10.0 Å². The molecular formula is C12H16Cl2N2O3S. The Morgan fingerprint density at radius 2 is 2.10 bits per heavy atom. The average Bonchev–Trinajstić information content (AvgIpc) is 2.67. The zero-order chi connectivity index (χ0) is 14.8. The van der Waals surface area contributed by atoms with Gasteiger partial charge in [-0.2, -0.15) is 4.31 Å². The largest absolute Gasteiger partial charge is 0.395 e. The van der Waals surface area contributed by atoms with Gasteiger partial charge in [-0.3, -0.25) is 0 Å². The third kappa shape index (κ3) is 3.26. The lowest BCUT2D eigenvalue weighted by Crippen LogP contribution is -2.42. The highest BCUT2D eigenvalue weighted by atomic mass is 35.5. The van der Waals surface area contributed by atoms with Crippen molar-refractivity contribution in [1.29, 1.82) is 0 Å². The smallest absolute Gasteiger partial charge is 0.244 e. The zero-order valence-electron chi connectivity index (χ0n) is 10.8. The molecule has 1 saturated heterocycles. The lowest BCUT2D eigenvalue weighted by atomic mass is 10.1. The third-order valence-corrected chi connectivity index (χ3v) is 6.01. The molecule has 0 bridgehead atoms. The van der Waals surface area contributed by atoms with Crippen molar-refractivity contribution in [2.75, 3.05) is 13.2 Å². The minimum Gasteiger partial charge on any atom is -0.395 e. The zero-order valence-corrected chi connectivity index (χ0v) is 13.1. The van der Waals surface area contributed by atoms with Gasteiger partial charge < -0.3 is 5.11 Å². The van der Waals surface area contributed by atoms with Crippen molar-refractivity contribution in [3.63, 3.8) is 0 Å². The molecule has 1 aliphatic rings. The Labute approximate surface area is 128 Å². The van der Waals surface area contributed by atoms with E-state index in [9.17, 15) is 13.5 Å². The highest BCUT2D eigenvalue weighted by molar-refractivity contribution is 7.89. The van der Waals surface area contributed by atoms with Crippen LogP contribution in [0.25, 0.3) is 0 Å². The Morgan fingerprint density at radius 3 is 2.75 bits per heavy atom. The lowest BCUT2D eigenvalue weighted by molar-refractivity contribution is 0.186. The van der Waals surface area contributed by atoms with Crippen LogP contribution >= 0.6 is 23.2 Å². The van der Waals surface area contributed by atoms with Crippen molar-refractivity contribution < 1.29 is 13.5 Å². The van der Waals surface area contributed by atoms with Gasteiger partial charge in [0.2, 0.25) is 10.0 Å². The second-order valence-corrected chi connectivity index (χ2v) is 7.40. The van der Waals surface area contributed by atoms with Crippen LogP contribution in [0.4, 0.5) is 0 Å². The van der Waals surface area contributed by atoms with Crippen LogP contribution in [0.15, 0.2) is 17.2 Å². The molecule has 0 radical (unpaired) electrons. The van der Waals surface area contributed by atoms with Crippen LogP contribution in [-0.4, -0.2) is 42.0 Å². The highest BCUT2D eigenvalue weighted by Crippen LogP contribution is 2.27. The summed E-state index contributed by atoms with van der Waals surface area (Å²) in [5.74, 6) is 0. The normalized spacial score (nSPS) is 21.6. The SMILES string of the molecule is O=S(=O)(c1cnc(Cl)c(Cl)c1)N1CCCCCC1CO. The molecule has 1 N–H and O–H groups in total. The molecule has 1 unspecified atom stereocenters. The summed E-state index contributed by atoms with van der Waals surface area (Å²) >= 11 is 11.5. The lowest BCUT2D eigenvalue weighted by Gasteiger charge is -2.27. The van der Waals surface area contributed by atoms with Gasteiger partial charge in [0.15, 0.2) is 0 Å². The molecule has 5 nitrogen and oxygen atoms in total. The first-order chi connectivity index (χ1) is 9.46. The van der Waals surface area contributed by atoms with Crippen LogP contribution in [0, 0.1) is 0 Å². The first-order valence-electron chi connectivity index (χ1n) is 6.40. The van der Waals surface area contributed by atoms with E-state index in [4.69, 9.17) is 23.2 Å². The number of aliphatic hydroxyl groups is 1. The molecule has 1 fully saturated rings. The van der Waals surface area contributed by atoms with Crippen LogP contribution in [0.5, 0.6) is 0 Å². The number of hydrogen-bond donors (Lipinski definition) is 1. The number of aliphatic hydroxyl groups excluding tert-OH is 1. The quantitative estimate of drug-likeness (QED) is 0.858. The fourth-order valence-corrected chi connectivity index (χ4v) is 4.32. The van der Waals surface area contributed by atoms with Crippen LogP contribution in [0.2, 0.25) is 10.2 Å². The van der Waals surface area contributed by atoms with Crippen LogP contribution in [-0.2, 0) is 10.0 Å². The van der Waals surface area contributed by atoms with Gasteiger partial charge in [-0.1, -0.05) is 36.0 Å². The molecule has 0 aliphatic carbocycles. The maximum atomic E-state index is 12.6. The maximum Gasteiger partial charge on any atom is 0.244 e. The number of pyridine rings is 1. The number of nitrogens with zero attached hydrogens (tertiary/aromatic N) is 2. The molecule has 2 rings (SSSR count). The molecule has 0 spiro atoms. The Morgan fingerprint density at radius 1 is 1.35 bits per heavy atom. The first kappa shape index (κ1) is 16.0. The van der Waals surface area contributed by atoms with Gasteiger partial charge >= 0.3 is 0 Å². The van der Waals surface area contributed by atoms with Crippen molar-refractivity contribution in [3.8, 4) is 0 Å². The minimum atomic E-state index is -3.72. The van der Waals surface area contributed by atoms with E-state index in [0.717, 1.165) is 19.3 Å². The molecule has 1 aromatic heterocycles. The van der Waals surface area contributed by atoms with E-state index in [-0.39, 0.29) is 21.7 Å². The number of hydrogen-bond acceptors (Lipinski definition) is 4. The number of sulfonamides is 1. The van der Waals surface area contributed by atoms with E-state index >= 15 is 0 Å². The molecule has 20 heavy (non-hydrogen) atoms. The van der Waals surface area contributed by atoms with E-state index in [1.54, 1.807) is 0 Å². The van der Waals surface area contributed by atoms with E-state index in [1.807, 2.05) is 0 Å². The second-order valence-electron chi connectivity index (χ2n) is 4.75. The van der Waals surface area contributed by atoms with Crippen molar-refractivity contribution >= 4 is 33.2 Å². The fourth-order valence-electron chi connectivity index (χ4n) is 2.33. The summed E-state index contributed by atoms with van der Waals surface area (Å²) in [5, 5.41) is 9.60. The molecular weight excluding hydrogens is 323 g/mol. The van der Waals surface area contributed by atoms with Crippen LogP contribution in [0.3, 0.4) is 0 Å². The number of rotatable bonds is 3. The van der Waals surface area contributed by atoms with Crippen molar-refractivity contribution in [1.82, 2.24) is 9.29 Å². The van der Waals surface area contributed by atoms with Crippen molar-refractivity contribution in [2.24, 2.45) is 0 Å². The van der Waals surface area contributed by atoms with Gasteiger partial charge in [-0.15, -0.1) is 0 Å². The predicted molar refractivity (Wildman–Crippen MR) is 77.5 cm³/mol. The predicted octanol–water partition coefficient (Wildman–Crippen LogP) is 2.31. The molecule has 0 aromatic carbocycles. The Kier molecular flexibility index (Phi) is 5.25. The standard InChI is InChI=1S/C12H16Cl2N2O3S/c13-11-6-10(7-15-12(11)14)20(18,19)16-5-3-1-2-4-9(16)8-17/h6-7,9,17H,1-5,8H2. The summed E-state index contributed by atoms with van der Waals surface area (Å²) in [7, 11) is -3.72. The molecule has 1 atom stereocenters. The fraction of sp³-hybridized carbons (Fsp3) is 0.583. The Bertz CT molecular complexity index is 580. The van der Waals surface area contributed by atoms with Gasteiger partial charge in [-0.25, -0.2) is 13.4 Å². The number of aromatic nitrogens is 1. The summed E-state index contributed by atoms with van der Waals surface area (Å²) in [6.45, 7) is 0.210. The van der Waals surface area contributed by atoms with E-state index in [2.05, 4.69) is 4.98 Å². The first-order valence-corrected chi connectivity index (χ1v) is 8.60. The van der Waals surface area contributed by atoms with Crippen LogP contribution < -0.4 is 0 Å².